The Bertz CT molecular complexity index is 1490. The number of rotatable bonds is 7. The van der Waals surface area contributed by atoms with E-state index in [1.54, 1.807) is 29.2 Å². The zero-order chi connectivity index (χ0) is 28.5. The van der Waals surface area contributed by atoms with Crippen LogP contribution in [0.1, 0.15) is 17.7 Å². The first kappa shape index (κ1) is 29.0. The van der Waals surface area contributed by atoms with Crippen LogP contribution in [0.3, 0.4) is 0 Å². The number of benzene rings is 2. The number of piperazine rings is 1. The fourth-order valence-electron chi connectivity index (χ4n) is 5.26. The number of carbonyl (C=O) groups is 1. The Kier molecular flexibility index (Phi) is 8.56. The van der Waals surface area contributed by atoms with Crippen molar-refractivity contribution in [2.45, 2.75) is 41.6 Å². The molecule has 9 nitrogen and oxygen atoms in total. The molecule has 0 N–H and O–H groups in total. The molecule has 1 aromatic heterocycles. The van der Waals surface area contributed by atoms with Crippen LogP contribution >= 0.6 is 23.2 Å². The zero-order valence-electron chi connectivity index (χ0n) is 22.3. The molecule has 1 amide bonds. The molecule has 3 heterocycles. The minimum Gasteiger partial charge on any atom is -0.475 e. The maximum Gasteiger partial charge on any atom is 0.246 e. The summed E-state index contributed by atoms with van der Waals surface area (Å²) < 4.78 is 41.3. The van der Waals surface area contributed by atoms with E-state index in [2.05, 4.69) is 10.3 Å². The van der Waals surface area contributed by atoms with Crippen LogP contribution in [0, 0.1) is 13.8 Å². The fourth-order valence-corrected chi connectivity index (χ4v) is 7.87. The normalized spacial score (nSPS) is 23.9. The third-order valence-corrected chi connectivity index (χ3v) is 10.1. The molecule has 2 aliphatic rings. The lowest BCUT2D eigenvalue weighted by atomic mass is 9.91. The third kappa shape index (κ3) is 5.53. The van der Waals surface area contributed by atoms with Crippen molar-refractivity contribution in [3.05, 3.63) is 65.9 Å². The molecule has 0 spiro atoms. The molecule has 40 heavy (non-hydrogen) atoms. The molecule has 2 aromatic carbocycles. The molecule has 2 aliphatic heterocycles. The number of nitrogens with zero attached hydrogens (tertiary/aromatic N) is 4. The molecule has 12 heteroatoms. The molecule has 1 radical (unpaired) electrons. The van der Waals surface area contributed by atoms with Crippen molar-refractivity contribution in [3.63, 3.8) is 0 Å². The van der Waals surface area contributed by atoms with E-state index in [1.165, 1.54) is 12.1 Å². The SMILES string of the molecule is Cc1cc(C)c2cccc(OCN(C3C(Cl)OCCC3(Cl)C(=O)N3CC[N]CC3)S(=O)(=O)c3ccccc3)c2n1. The van der Waals surface area contributed by atoms with E-state index < -0.39 is 39.1 Å². The largest absolute Gasteiger partial charge is 0.475 e. The van der Waals surface area contributed by atoms with Crippen molar-refractivity contribution < 1.29 is 22.7 Å². The van der Waals surface area contributed by atoms with Gasteiger partial charge in [-0.25, -0.2) is 18.7 Å². The van der Waals surface area contributed by atoms with Gasteiger partial charge < -0.3 is 14.4 Å². The molecule has 3 atom stereocenters. The highest BCUT2D eigenvalue weighted by Gasteiger charge is 2.57. The number of aromatic nitrogens is 1. The van der Waals surface area contributed by atoms with Crippen molar-refractivity contribution in [2.24, 2.45) is 0 Å². The molecule has 0 aliphatic carbocycles. The molecular formula is C28H31Cl2N4O5S. The van der Waals surface area contributed by atoms with Crippen LogP contribution in [-0.2, 0) is 19.6 Å². The number of amides is 1. The number of alkyl halides is 2. The number of aryl methyl sites for hydroxylation is 2. The van der Waals surface area contributed by atoms with E-state index in [1.807, 2.05) is 32.0 Å². The molecule has 3 unspecified atom stereocenters. The lowest BCUT2D eigenvalue weighted by molar-refractivity contribution is -0.141. The quantitative estimate of drug-likeness (QED) is 0.301. The number of hydrogen-bond donors (Lipinski definition) is 0. The van der Waals surface area contributed by atoms with Crippen molar-refractivity contribution in [3.8, 4) is 5.75 Å². The van der Waals surface area contributed by atoms with Crippen molar-refractivity contribution in [1.29, 1.82) is 0 Å². The standard InChI is InChI=1S/C28H31Cl2N4O5S/c1-19-17-20(2)32-24-22(19)9-6-10-23(24)39-18-34(40(36,37)21-7-4-3-5-8-21)25-26(29)38-16-11-28(25,30)27(35)33-14-12-31-13-15-33/h3-10,17,25-26H,11-16,18H2,1-2H3. The summed E-state index contributed by atoms with van der Waals surface area (Å²) in [6.07, 6.45) is 0.0734. The predicted molar refractivity (Wildman–Crippen MR) is 153 cm³/mol. The highest BCUT2D eigenvalue weighted by molar-refractivity contribution is 7.89. The lowest BCUT2D eigenvalue weighted by Gasteiger charge is -2.47. The van der Waals surface area contributed by atoms with Gasteiger partial charge in [-0.2, -0.15) is 4.31 Å². The van der Waals surface area contributed by atoms with Crippen molar-refractivity contribution in [2.75, 3.05) is 39.5 Å². The average Bonchev–Trinajstić information content (AvgIpc) is 2.95. The van der Waals surface area contributed by atoms with Gasteiger partial charge in [0.1, 0.15) is 21.7 Å². The number of halogens is 2. The molecule has 213 valence electrons. The van der Waals surface area contributed by atoms with Gasteiger partial charge in [0.2, 0.25) is 15.9 Å². The monoisotopic (exact) mass is 605 g/mol. The Morgan fingerprint density at radius 2 is 1.88 bits per heavy atom. The van der Waals surface area contributed by atoms with Crippen LogP contribution in [0.25, 0.3) is 10.9 Å². The first-order valence-corrected chi connectivity index (χ1v) is 15.3. The smallest absolute Gasteiger partial charge is 0.246 e. The second-order valence-electron chi connectivity index (χ2n) is 9.95. The van der Waals surface area contributed by atoms with E-state index in [9.17, 15) is 13.2 Å². The number of sulfonamides is 1. The summed E-state index contributed by atoms with van der Waals surface area (Å²) in [7, 11) is -4.26. The second-order valence-corrected chi connectivity index (χ2v) is 12.9. The van der Waals surface area contributed by atoms with Crippen molar-refractivity contribution >= 4 is 50.0 Å². The fraction of sp³-hybridized carbons (Fsp3) is 0.429. The Morgan fingerprint density at radius 1 is 1.15 bits per heavy atom. The van der Waals surface area contributed by atoms with Crippen LogP contribution in [0.15, 0.2) is 59.5 Å². The van der Waals surface area contributed by atoms with E-state index >= 15 is 0 Å². The molecule has 5 rings (SSSR count). The first-order valence-electron chi connectivity index (χ1n) is 13.1. The van der Waals surface area contributed by atoms with Crippen LogP contribution in [0.4, 0.5) is 0 Å². The van der Waals surface area contributed by atoms with Gasteiger partial charge in [-0.1, -0.05) is 41.9 Å². The number of carbonyl (C=O) groups excluding carboxylic acids is 1. The number of hydrogen-bond acceptors (Lipinski definition) is 6. The van der Waals surface area contributed by atoms with Gasteiger partial charge in [-0.15, -0.1) is 11.6 Å². The van der Waals surface area contributed by atoms with Gasteiger partial charge in [0.05, 0.1) is 17.5 Å². The summed E-state index contributed by atoms with van der Waals surface area (Å²) in [5, 5.41) is 5.19. The Morgan fingerprint density at radius 3 is 2.60 bits per heavy atom. The summed E-state index contributed by atoms with van der Waals surface area (Å²) in [4.78, 5) is 18.5. The summed E-state index contributed by atoms with van der Waals surface area (Å²) in [5.41, 5.74) is 1.21. The van der Waals surface area contributed by atoms with E-state index in [-0.39, 0.29) is 17.9 Å². The lowest BCUT2D eigenvalue weighted by Crippen LogP contribution is -2.66. The minimum atomic E-state index is -4.26. The highest BCUT2D eigenvalue weighted by Crippen LogP contribution is 2.41. The molecule has 3 aromatic rings. The Hall–Kier alpha value is -2.47. The molecule has 0 bridgehead atoms. The van der Waals surface area contributed by atoms with E-state index in [0.29, 0.717) is 37.4 Å². The van der Waals surface area contributed by atoms with Gasteiger partial charge in [-0.3, -0.25) is 4.79 Å². The first-order chi connectivity index (χ1) is 19.1. The third-order valence-electron chi connectivity index (χ3n) is 7.30. The second kappa shape index (κ2) is 11.8. The summed E-state index contributed by atoms with van der Waals surface area (Å²) in [5.74, 6) is -0.00101. The molecular weight excluding hydrogens is 575 g/mol. The van der Waals surface area contributed by atoms with Gasteiger partial charge in [-0.05, 0) is 43.7 Å². The molecule has 2 saturated heterocycles. The van der Waals surface area contributed by atoms with Crippen LogP contribution < -0.4 is 10.1 Å². The Labute approximate surface area is 244 Å². The van der Waals surface area contributed by atoms with Crippen LogP contribution in [-0.4, -0.2) is 84.5 Å². The maximum absolute atomic E-state index is 14.2. The maximum atomic E-state index is 14.2. The van der Waals surface area contributed by atoms with Crippen LogP contribution in [0.2, 0.25) is 0 Å². The van der Waals surface area contributed by atoms with Crippen molar-refractivity contribution in [1.82, 2.24) is 19.5 Å². The molecule has 0 saturated carbocycles. The summed E-state index contributed by atoms with van der Waals surface area (Å²) in [6, 6.07) is 14.1. The van der Waals surface area contributed by atoms with Gasteiger partial charge in [0, 0.05) is 43.7 Å². The van der Waals surface area contributed by atoms with Gasteiger partial charge in [0.25, 0.3) is 0 Å². The highest BCUT2D eigenvalue weighted by atomic mass is 35.5. The van der Waals surface area contributed by atoms with E-state index in [0.717, 1.165) is 20.9 Å². The van der Waals surface area contributed by atoms with E-state index in [4.69, 9.17) is 32.7 Å². The van der Waals surface area contributed by atoms with Gasteiger partial charge >= 0.3 is 0 Å². The Balaban J connectivity index is 1.58. The number of ether oxygens (including phenoxy) is 2. The number of pyridine rings is 1. The van der Waals surface area contributed by atoms with Crippen LogP contribution in [0.5, 0.6) is 5.75 Å². The molecule has 2 fully saturated rings. The average molecular weight is 607 g/mol. The summed E-state index contributed by atoms with van der Waals surface area (Å²) >= 11 is 13.9. The zero-order valence-corrected chi connectivity index (χ0v) is 24.6. The van der Waals surface area contributed by atoms with Gasteiger partial charge in [0.15, 0.2) is 6.73 Å². The number of para-hydroxylation sites is 1. The predicted octanol–water partition coefficient (Wildman–Crippen LogP) is 3.66. The topological polar surface area (TPSA) is 103 Å². The minimum absolute atomic E-state index is 0.0130. The number of fused-ring (bicyclic) bond motifs is 1. The summed E-state index contributed by atoms with van der Waals surface area (Å²) in [6.45, 7) is 5.27.